The van der Waals surface area contributed by atoms with E-state index in [0.717, 1.165) is 30.9 Å². The lowest BCUT2D eigenvalue weighted by molar-refractivity contribution is 0.0175. The third kappa shape index (κ3) is 5.59. The molecule has 2 rings (SSSR count). The van der Waals surface area contributed by atoms with Gasteiger partial charge in [0, 0.05) is 12.5 Å². The van der Waals surface area contributed by atoms with Gasteiger partial charge in [-0.1, -0.05) is 80.4 Å². The minimum Gasteiger partial charge on any atom is -0.202 e. The summed E-state index contributed by atoms with van der Waals surface area (Å²) >= 11 is 0. The summed E-state index contributed by atoms with van der Waals surface area (Å²) in [5.41, 5.74) is 3.38. The highest BCUT2D eigenvalue weighted by atomic mass is 19.3. The molecular formula is C22H26F2. The summed E-state index contributed by atoms with van der Waals surface area (Å²) in [7, 11) is 0. The van der Waals surface area contributed by atoms with Crippen molar-refractivity contribution in [2.75, 3.05) is 0 Å². The average Bonchev–Trinajstić information content (AvgIpc) is 2.58. The fraction of sp³-hybridized carbons (Fsp3) is 0.364. The Morgan fingerprint density at radius 1 is 0.833 bits per heavy atom. The van der Waals surface area contributed by atoms with E-state index in [1.54, 1.807) is 12.1 Å². The molecule has 2 aromatic carbocycles. The topological polar surface area (TPSA) is 0 Å². The number of aryl methyl sites for hydroxylation is 1. The van der Waals surface area contributed by atoms with E-state index >= 15 is 0 Å². The molecule has 0 aromatic heterocycles. The molecule has 0 nitrogen and oxygen atoms in total. The highest BCUT2D eigenvalue weighted by molar-refractivity contribution is 5.64. The maximum absolute atomic E-state index is 13.3. The smallest absolute Gasteiger partial charge is 0.202 e. The van der Waals surface area contributed by atoms with E-state index in [2.05, 4.69) is 43.3 Å². The van der Waals surface area contributed by atoms with Gasteiger partial charge in [0.2, 0.25) is 0 Å². The summed E-state index contributed by atoms with van der Waals surface area (Å²) in [6.45, 7) is 3.13. The zero-order valence-electron chi connectivity index (χ0n) is 14.6. The lowest BCUT2D eigenvalue weighted by atomic mass is 10.00. The van der Waals surface area contributed by atoms with Crippen molar-refractivity contribution in [2.24, 2.45) is 0 Å². The van der Waals surface area contributed by atoms with Gasteiger partial charge in [-0.15, -0.1) is 0 Å². The molecule has 0 radical (unpaired) electrons. The Morgan fingerprint density at radius 3 is 1.92 bits per heavy atom. The normalized spacial score (nSPS) is 12.0. The number of halogens is 2. The zero-order valence-corrected chi connectivity index (χ0v) is 14.6. The average molecular weight is 328 g/mol. The molecule has 0 amide bonds. The van der Waals surface area contributed by atoms with Crippen LogP contribution in [0.1, 0.15) is 50.7 Å². The Hall–Kier alpha value is -1.96. The third-order valence-electron chi connectivity index (χ3n) is 4.17. The molecule has 2 aromatic rings. The van der Waals surface area contributed by atoms with Gasteiger partial charge in [-0.3, -0.25) is 0 Å². The molecule has 0 atom stereocenters. The monoisotopic (exact) mass is 328 g/mol. The molecule has 2 heteroatoms. The summed E-state index contributed by atoms with van der Waals surface area (Å²) < 4.78 is 26.5. The molecule has 0 bridgehead atoms. The van der Waals surface area contributed by atoms with Crippen LogP contribution in [0.15, 0.2) is 60.7 Å². The summed E-state index contributed by atoms with van der Waals surface area (Å²) in [5.74, 6) is -2.78. The van der Waals surface area contributed by atoms with Gasteiger partial charge in [-0.2, -0.15) is 0 Å². The van der Waals surface area contributed by atoms with Crippen LogP contribution in [0.5, 0.6) is 0 Å². The van der Waals surface area contributed by atoms with Crippen molar-refractivity contribution in [1.29, 1.82) is 0 Å². The second-order valence-electron chi connectivity index (χ2n) is 6.31. The van der Waals surface area contributed by atoms with Gasteiger partial charge in [-0.05, 0) is 36.0 Å². The molecule has 0 aliphatic carbocycles. The van der Waals surface area contributed by atoms with Crippen molar-refractivity contribution in [1.82, 2.24) is 0 Å². The second-order valence-corrected chi connectivity index (χ2v) is 6.31. The highest BCUT2D eigenvalue weighted by Gasteiger charge is 2.23. The minimum absolute atomic E-state index is 0.0535. The number of unbranched alkanes of at least 4 members (excludes halogenated alkanes) is 2. The first-order valence-corrected chi connectivity index (χ1v) is 8.73. The van der Waals surface area contributed by atoms with Crippen LogP contribution in [0, 0.1) is 0 Å². The maximum atomic E-state index is 13.3. The van der Waals surface area contributed by atoms with Gasteiger partial charge >= 0.3 is 0 Å². The summed E-state index contributed by atoms with van der Waals surface area (Å²) in [6.07, 6.45) is 10.3. The molecular weight excluding hydrogens is 302 g/mol. The van der Waals surface area contributed by atoms with E-state index in [0.29, 0.717) is 0 Å². The molecule has 0 unspecified atom stereocenters. The van der Waals surface area contributed by atoms with Crippen LogP contribution in [0.25, 0.3) is 11.1 Å². The highest BCUT2D eigenvalue weighted by Crippen LogP contribution is 2.29. The van der Waals surface area contributed by atoms with E-state index in [9.17, 15) is 8.78 Å². The van der Waals surface area contributed by atoms with Crippen molar-refractivity contribution < 1.29 is 8.78 Å². The predicted molar refractivity (Wildman–Crippen MR) is 98.4 cm³/mol. The minimum atomic E-state index is -2.78. The van der Waals surface area contributed by atoms with Crippen LogP contribution in [-0.2, 0) is 12.3 Å². The van der Waals surface area contributed by atoms with Crippen molar-refractivity contribution in [3.05, 3.63) is 71.8 Å². The first-order chi connectivity index (χ1) is 11.5. The standard InChI is InChI=1S/C22H26F2/c1-3-4-5-6-7-8-9-18-10-12-19(13-11-18)20-14-16-21(17-15-20)22(2,23)24/h6-7,10-17H,3-5,8-9H2,1-2H3/b7-6+. The van der Waals surface area contributed by atoms with E-state index in [-0.39, 0.29) is 5.56 Å². The number of rotatable bonds is 8. The van der Waals surface area contributed by atoms with Crippen molar-refractivity contribution in [3.8, 4) is 11.1 Å². The van der Waals surface area contributed by atoms with Gasteiger partial charge in [0.05, 0.1) is 0 Å². The Balaban J connectivity index is 1.93. The van der Waals surface area contributed by atoms with Gasteiger partial charge < -0.3 is 0 Å². The number of hydrogen-bond donors (Lipinski definition) is 0. The van der Waals surface area contributed by atoms with Gasteiger partial charge in [0.15, 0.2) is 0 Å². The van der Waals surface area contributed by atoms with Crippen LogP contribution in [0.2, 0.25) is 0 Å². The predicted octanol–water partition coefficient (Wildman–Crippen LogP) is 7.14. The Labute approximate surface area is 144 Å². The molecule has 0 aliphatic heterocycles. The molecule has 0 N–H and O–H groups in total. The molecule has 0 heterocycles. The SMILES string of the molecule is CCCC/C=C/CCc1ccc(-c2ccc(C(C)(F)F)cc2)cc1. The number of alkyl halides is 2. The quantitative estimate of drug-likeness (QED) is 0.357. The van der Waals surface area contributed by atoms with Crippen LogP contribution in [0.3, 0.4) is 0 Å². The summed E-state index contributed by atoms with van der Waals surface area (Å²) in [4.78, 5) is 0. The molecule has 0 saturated heterocycles. The Kier molecular flexibility index (Phi) is 6.72. The summed E-state index contributed by atoms with van der Waals surface area (Å²) in [6, 6.07) is 14.9. The van der Waals surface area contributed by atoms with E-state index in [4.69, 9.17) is 0 Å². The maximum Gasteiger partial charge on any atom is 0.270 e. The Morgan fingerprint density at radius 2 is 1.38 bits per heavy atom. The molecule has 24 heavy (non-hydrogen) atoms. The molecule has 0 fully saturated rings. The fourth-order valence-corrected chi connectivity index (χ4v) is 2.63. The molecule has 128 valence electrons. The van der Waals surface area contributed by atoms with Gasteiger partial charge in [0.1, 0.15) is 0 Å². The largest absolute Gasteiger partial charge is 0.270 e. The Bertz CT molecular complexity index is 631. The van der Waals surface area contributed by atoms with E-state index < -0.39 is 5.92 Å². The lowest BCUT2D eigenvalue weighted by Crippen LogP contribution is -2.06. The van der Waals surface area contributed by atoms with Crippen molar-refractivity contribution in [3.63, 3.8) is 0 Å². The molecule has 0 spiro atoms. The van der Waals surface area contributed by atoms with Crippen LogP contribution < -0.4 is 0 Å². The number of benzene rings is 2. The van der Waals surface area contributed by atoms with Crippen molar-refractivity contribution >= 4 is 0 Å². The zero-order chi connectivity index (χ0) is 17.4. The first-order valence-electron chi connectivity index (χ1n) is 8.73. The van der Waals surface area contributed by atoms with Crippen LogP contribution in [0.4, 0.5) is 8.78 Å². The van der Waals surface area contributed by atoms with E-state index in [1.165, 1.54) is 37.0 Å². The fourth-order valence-electron chi connectivity index (χ4n) is 2.63. The third-order valence-corrected chi connectivity index (χ3v) is 4.17. The van der Waals surface area contributed by atoms with Gasteiger partial charge in [-0.25, -0.2) is 8.78 Å². The molecule has 0 aliphatic rings. The van der Waals surface area contributed by atoms with Crippen LogP contribution in [-0.4, -0.2) is 0 Å². The molecule has 0 saturated carbocycles. The van der Waals surface area contributed by atoms with Gasteiger partial charge in [0.25, 0.3) is 5.92 Å². The first kappa shape index (κ1) is 18.4. The number of hydrogen-bond acceptors (Lipinski definition) is 0. The van der Waals surface area contributed by atoms with Crippen LogP contribution >= 0.6 is 0 Å². The second kappa shape index (κ2) is 8.77. The summed E-state index contributed by atoms with van der Waals surface area (Å²) in [5, 5.41) is 0. The van der Waals surface area contributed by atoms with E-state index in [1.807, 2.05) is 0 Å². The van der Waals surface area contributed by atoms with Crippen molar-refractivity contribution in [2.45, 2.75) is 51.9 Å². The lowest BCUT2D eigenvalue weighted by Gasteiger charge is -2.11. The number of allylic oxidation sites excluding steroid dienone is 2.